The highest BCUT2D eigenvalue weighted by Crippen LogP contribution is 2.21. The maximum atomic E-state index is 5.76. The molecule has 1 aliphatic heterocycles. The van der Waals surface area contributed by atoms with Crippen molar-refractivity contribution in [3.8, 4) is 0 Å². The van der Waals surface area contributed by atoms with Gasteiger partial charge in [0.2, 0.25) is 0 Å². The zero-order chi connectivity index (χ0) is 11.4. The van der Waals surface area contributed by atoms with Gasteiger partial charge in [-0.05, 0) is 19.0 Å². The summed E-state index contributed by atoms with van der Waals surface area (Å²) in [5.41, 5.74) is 6.69. The van der Waals surface area contributed by atoms with Crippen molar-refractivity contribution in [3.05, 3.63) is 23.9 Å². The fourth-order valence-electron chi connectivity index (χ4n) is 2.03. The predicted molar refractivity (Wildman–Crippen MR) is 64.1 cm³/mol. The van der Waals surface area contributed by atoms with Crippen molar-refractivity contribution < 1.29 is 4.74 Å². The number of nitrogen functional groups attached to an aromatic ring is 1. The number of pyridine rings is 1. The minimum Gasteiger partial charge on any atom is -0.384 e. The van der Waals surface area contributed by atoms with E-state index in [1.165, 1.54) is 6.42 Å². The minimum atomic E-state index is 0.147. The molecule has 0 aliphatic carbocycles. The van der Waals surface area contributed by atoms with Gasteiger partial charge in [-0.1, -0.05) is 13.0 Å². The van der Waals surface area contributed by atoms with Crippen molar-refractivity contribution in [2.24, 2.45) is 0 Å². The number of rotatable bonds is 3. The molecule has 0 saturated carbocycles. The van der Waals surface area contributed by atoms with Gasteiger partial charge in [-0.3, -0.25) is 4.90 Å². The second-order valence-corrected chi connectivity index (χ2v) is 4.18. The summed E-state index contributed by atoms with van der Waals surface area (Å²) in [5.74, 6) is 0.560. The highest BCUT2D eigenvalue weighted by molar-refractivity contribution is 5.30. The molecule has 4 nitrogen and oxygen atoms in total. The number of hydrogen-bond donors (Lipinski definition) is 1. The van der Waals surface area contributed by atoms with E-state index in [2.05, 4.69) is 16.8 Å². The molecule has 88 valence electrons. The molecule has 0 radical (unpaired) electrons. The van der Waals surface area contributed by atoms with Crippen LogP contribution in [-0.4, -0.2) is 36.1 Å². The molecule has 0 spiro atoms. The molecule has 4 heteroatoms. The van der Waals surface area contributed by atoms with Gasteiger partial charge in [0.25, 0.3) is 0 Å². The molecule has 1 fully saturated rings. The first-order valence-electron chi connectivity index (χ1n) is 5.85. The van der Waals surface area contributed by atoms with E-state index in [0.29, 0.717) is 5.82 Å². The molecule has 0 amide bonds. The average Bonchev–Trinajstić information content (AvgIpc) is 2.31. The van der Waals surface area contributed by atoms with Gasteiger partial charge in [-0.25, -0.2) is 4.98 Å². The monoisotopic (exact) mass is 221 g/mol. The molecule has 2 N–H and O–H groups in total. The Kier molecular flexibility index (Phi) is 3.74. The van der Waals surface area contributed by atoms with Gasteiger partial charge in [0.05, 0.1) is 12.7 Å². The number of morpholine rings is 1. The third-order valence-electron chi connectivity index (χ3n) is 2.87. The molecular formula is C12H19N3O. The van der Waals surface area contributed by atoms with E-state index >= 15 is 0 Å². The highest BCUT2D eigenvalue weighted by atomic mass is 16.5. The van der Waals surface area contributed by atoms with Gasteiger partial charge in [-0.2, -0.15) is 0 Å². The van der Waals surface area contributed by atoms with Crippen molar-refractivity contribution in [3.63, 3.8) is 0 Å². The van der Waals surface area contributed by atoms with E-state index < -0.39 is 0 Å². The third kappa shape index (κ3) is 2.71. The summed E-state index contributed by atoms with van der Waals surface area (Å²) in [6.07, 6.45) is 3.15. The van der Waals surface area contributed by atoms with Crippen LogP contribution in [0.15, 0.2) is 18.3 Å². The lowest BCUT2D eigenvalue weighted by Crippen LogP contribution is -2.38. The summed E-state index contributed by atoms with van der Waals surface area (Å²) < 4.78 is 5.76. The van der Waals surface area contributed by atoms with Gasteiger partial charge in [0.15, 0.2) is 0 Å². The summed E-state index contributed by atoms with van der Waals surface area (Å²) in [6, 6.07) is 3.83. The lowest BCUT2D eigenvalue weighted by Gasteiger charge is -2.32. The van der Waals surface area contributed by atoms with E-state index in [1.54, 1.807) is 0 Å². The van der Waals surface area contributed by atoms with Crippen molar-refractivity contribution in [2.75, 3.05) is 32.0 Å². The number of nitrogens with two attached hydrogens (primary N) is 1. The Hall–Kier alpha value is -1.13. The summed E-state index contributed by atoms with van der Waals surface area (Å²) in [5, 5.41) is 0. The van der Waals surface area contributed by atoms with E-state index in [-0.39, 0.29) is 6.10 Å². The number of aromatic nitrogens is 1. The molecule has 1 aliphatic rings. The average molecular weight is 221 g/mol. The van der Waals surface area contributed by atoms with Crippen LogP contribution >= 0.6 is 0 Å². The van der Waals surface area contributed by atoms with E-state index in [9.17, 15) is 0 Å². The Morgan fingerprint density at radius 3 is 3.12 bits per heavy atom. The van der Waals surface area contributed by atoms with E-state index in [4.69, 9.17) is 10.5 Å². The number of nitrogens with zero attached hydrogens (tertiary/aromatic N) is 2. The normalized spacial score (nSPS) is 22.2. The standard InChI is InChI=1S/C12H19N3O/c1-2-5-15-6-7-16-11(9-15)10-3-4-12(13)14-8-10/h3-4,8,11H,2,5-7,9H2,1H3,(H2,13,14). The van der Waals surface area contributed by atoms with E-state index in [1.807, 2.05) is 18.3 Å². The van der Waals surface area contributed by atoms with Gasteiger partial charge >= 0.3 is 0 Å². The van der Waals surface area contributed by atoms with Crippen LogP contribution < -0.4 is 5.73 Å². The first kappa shape index (κ1) is 11.4. The molecule has 1 atom stereocenters. The molecular weight excluding hydrogens is 202 g/mol. The van der Waals surface area contributed by atoms with Crippen LogP contribution in [-0.2, 0) is 4.74 Å². The number of hydrogen-bond acceptors (Lipinski definition) is 4. The van der Waals surface area contributed by atoms with Crippen molar-refractivity contribution in [1.29, 1.82) is 0 Å². The van der Waals surface area contributed by atoms with Crippen LogP contribution in [0.25, 0.3) is 0 Å². The maximum Gasteiger partial charge on any atom is 0.123 e. The molecule has 2 rings (SSSR count). The van der Waals surface area contributed by atoms with Gasteiger partial charge in [-0.15, -0.1) is 0 Å². The summed E-state index contributed by atoms with van der Waals surface area (Å²) >= 11 is 0. The van der Waals surface area contributed by atoms with Gasteiger partial charge < -0.3 is 10.5 Å². The summed E-state index contributed by atoms with van der Waals surface area (Å²) in [7, 11) is 0. The second kappa shape index (κ2) is 5.27. The van der Waals surface area contributed by atoms with Gasteiger partial charge in [0.1, 0.15) is 5.82 Å². The Balaban J connectivity index is 2.01. The van der Waals surface area contributed by atoms with Crippen molar-refractivity contribution in [1.82, 2.24) is 9.88 Å². The van der Waals surface area contributed by atoms with Crippen LogP contribution in [0.3, 0.4) is 0 Å². The SMILES string of the molecule is CCCN1CCOC(c2ccc(N)nc2)C1. The maximum absolute atomic E-state index is 5.76. The zero-order valence-corrected chi connectivity index (χ0v) is 9.72. The Morgan fingerprint density at radius 1 is 1.56 bits per heavy atom. The van der Waals surface area contributed by atoms with Gasteiger partial charge in [0, 0.05) is 24.8 Å². The Labute approximate surface area is 96.4 Å². The quantitative estimate of drug-likeness (QED) is 0.839. The van der Waals surface area contributed by atoms with Crippen LogP contribution in [0.4, 0.5) is 5.82 Å². The topological polar surface area (TPSA) is 51.4 Å². The molecule has 0 aromatic carbocycles. The van der Waals surface area contributed by atoms with E-state index in [0.717, 1.165) is 31.8 Å². The Bertz CT molecular complexity index is 324. The largest absolute Gasteiger partial charge is 0.384 e. The second-order valence-electron chi connectivity index (χ2n) is 4.18. The Morgan fingerprint density at radius 2 is 2.44 bits per heavy atom. The first-order valence-corrected chi connectivity index (χ1v) is 5.85. The molecule has 2 heterocycles. The molecule has 16 heavy (non-hydrogen) atoms. The first-order chi connectivity index (χ1) is 7.79. The van der Waals surface area contributed by atoms with Crippen LogP contribution in [0.5, 0.6) is 0 Å². The van der Waals surface area contributed by atoms with Crippen molar-refractivity contribution in [2.45, 2.75) is 19.4 Å². The third-order valence-corrected chi connectivity index (χ3v) is 2.87. The van der Waals surface area contributed by atoms with Crippen LogP contribution in [0.1, 0.15) is 25.0 Å². The summed E-state index contributed by atoms with van der Waals surface area (Å²) in [6.45, 7) is 6.14. The molecule has 1 saturated heterocycles. The minimum absolute atomic E-state index is 0.147. The fraction of sp³-hybridized carbons (Fsp3) is 0.583. The summed E-state index contributed by atoms with van der Waals surface area (Å²) in [4.78, 5) is 6.54. The smallest absolute Gasteiger partial charge is 0.123 e. The van der Waals surface area contributed by atoms with Crippen molar-refractivity contribution >= 4 is 5.82 Å². The highest BCUT2D eigenvalue weighted by Gasteiger charge is 2.21. The van der Waals surface area contributed by atoms with Crippen LogP contribution in [0, 0.1) is 0 Å². The zero-order valence-electron chi connectivity index (χ0n) is 9.72. The van der Waals surface area contributed by atoms with Crippen LogP contribution in [0.2, 0.25) is 0 Å². The molecule has 1 aromatic rings. The lowest BCUT2D eigenvalue weighted by molar-refractivity contribution is -0.0299. The molecule has 1 unspecified atom stereocenters. The lowest BCUT2D eigenvalue weighted by atomic mass is 10.1. The number of anilines is 1. The molecule has 1 aromatic heterocycles. The number of ether oxygens (including phenoxy) is 1. The molecule has 0 bridgehead atoms. The fourth-order valence-corrected chi connectivity index (χ4v) is 2.03. The predicted octanol–water partition coefficient (Wildman–Crippen LogP) is 1.45.